The van der Waals surface area contributed by atoms with Crippen molar-refractivity contribution >= 4 is 98.5 Å². The van der Waals surface area contributed by atoms with Gasteiger partial charge < -0.3 is 59.1 Å². The standard InChI is InChI=1S/C24H18N3.C22H16N3.C20H18N3.C19H16N3.C11H24O2.3C5H12O2.4Ir/c1-2-27-21-14-7-6-13-20(21)23-24(27)22(25-16-26-23)19-12-8-11-18(15-19)17-9-4-3-5-10-17;1-2-25-19-10-6-5-9-18(19)21-22(25)20(23-14-24-21)17-12-11-15-7-3-4-8-16(15)13-17;1-4-23-17-8-6-5-7-16(17)19-20(23)18(21-12-22-19)15-10-13(2)9-14(3)11-15;1-3-22-16-12-8-7-11-15(16)18-19(22)17(20-13(2)21-18)14-9-5-4-6-10-14;1-10(2,3)8(12)7-9(13)11(4,5)6;3*1-4(6)3-5(2)7;;;;/h3-11,13-16H,2H2,1H3;3-11,13-14H,2H2,1H3;5-10,12H,4H2,1-3H3;4-9,11-12H,3H2,1-2H3;8-9,12-13H,7H2,1-6H3;3*4-7H,3H2,1-2H3;;;;/q4*-1;;;;;;;;. The van der Waals surface area contributed by atoms with E-state index in [0.717, 1.165) is 138 Å². The van der Waals surface area contributed by atoms with E-state index in [9.17, 15) is 10.2 Å². The zero-order chi connectivity index (χ0) is 94.5. The van der Waals surface area contributed by atoms with Crippen LogP contribution in [0.25, 0.3) is 155 Å². The molecule has 8 aromatic heterocycles. The Bertz CT molecular complexity index is 6700. The molecule has 0 fully saturated rings. The number of benzene rings is 10. The molecule has 18 aromatic rings. The van der Waals surface area contributed by atoms with E-state index in [1.165, 1.54) is 60.1 Å². The maximum atomic E-state index is 9.76. The van der Waals surface area contributed by atoms with Crippen molar-refractivity contribution < 1.29 is 121 Å². The van der Waals surface area contributed by atoms with Crippen LogP contribution in [-0.2, 0) is 107 Å². The van der Waals surface area contributed by atoms with Gasteiger partial charge in [0, 0.05) is 157 Å². The van der Waals surface area contributed by atoms with Gasteiger partial charge in [0.1, 0.15) is 24.8 Å². The molecule has 8 heterocycles. The molecule has 0 aliphatic heterocycles. The van der Waals surface area contributed by atoms with E-state index in [1.54, 1.807) is 60.5 Å². The Morgan fingerprint density at radius 3 is 1.05 bits per heavy atom. The van der Waals surface area contributed by atoms with Crippen molar-refractivity contribution in [1.29, 1.82) is 0 Å². The van der Waals surface area contributed by atoms with Gasteiger partial charge in [0.15, 0.2) is 0 Å². The molecule has 20 nitrogen and oxygen atoms in total. The van der Waals surface area contributed by atoms with Crippen molar-refractivity contribution in [3.63, 3.8) is 0 Å². The van der Waals surface area contributed by atoms with E-state index in [0.29, 0.717) is 25.7 Å². The van der Waals surface area contributed by atoms with Crippen LogP contribution in [0.1, 0.15) is 153 Å². The minimum Gasteiger partial charge on any atom is -0.393 e. The molecule has 0 amide bonds. The Kier molecular flexibility index (Phi) is 43.4. The molecular weight excluding hydrogens is 2400 g/mol. The first-order valence-corrected chi connectivity index (χ1v) is 45.5. The number of fused-ring (bicyclic) bond motifs is 13. The van der Waals surface area contributed by atoms with Crippen LogP contribution in [0.5, 0.6) is 0 Å². The number of aliphatic hydroxyl groups is 8. The summed E-state index contributed by atoms with van der Waals surface area (Å²) >= 11 is 0. The van der Waals surface area contributed by atoms with Crippen LogP contribution in [0.2, 0.25) is 0 Å². The van der Waals surface area contributed by atoms with Crippen molar-refractivity contribution in [1.82, 2.24) is 58.1 Å². The third kappa shape index (κ3) is 28.7. The number of para-hydroxylation sites is 4. The predicted molar refractivity (Wildman–Crippen MR) is 537 cm³/mol. The van der Waals surface area contributed by atoms with E-state index < -0.39 is 12.2 Å². The van der Waals surface area contributed by atoms with Crippen LogP contribution in [0.3, 0.4) is 0 Å². The van der Waals surface area contributed by atoms with Crippen LogP contribution < -0.4 is 0 Å². The van der Waals surface area contributed by atoms with E-state index in [-0.39, 0.29) is 128 Å². The van der Waals surface area contributed by atoms with Gasteiger partial charge in [-0.1, -0.05) is 188 Å². The number of rotatable bonds is 17. The number of nitrogens with zero attached hydrogens (tertiary/aromatic N) is 12. The van der Waals surface area contributed by atoms with Gasteiger partial charge in [-0.15, -0.1) is 135 Å². The molecule has 24 heteroatoms. The zero-order valence-electron chi connectivity index (χ0n) is 80.6. The molecule has 0 saturated heterocycles. The molecule has 10 aromatic carbocycles. The molecule has 720 valence electrons. The summed E-state index contributed by atoms with van der Waals surface area (Å²) in [4.78, 5) is 37.0. The number of aliphatic hydroxyl groups excluding tert-OH is 8. The maximum absolute atomic E-state index is 9.76. The van der Waals surface area contributed by atoms with Crippen LogP contribution in [0.4, 0.5) is 0 Å². The molecular formula is C111H128Ir4N12O8-4. The third-order valence-corrected chi connectivity index (χ3v) is 22.6. The molecule has 0 bridgehead atoms. The number of aromatic nitrogens is 12. The molecule has 18 rings (SSSR count). The summed E-state index contributed by atoms with van der Waals surface area (Å²) in [5, 5.41) is 78.0. The zero-order valence-corrected chi connectivity index (χ0v) is 90.2. The quantitative estimate of drug-likeness (QED) is 0.0393. The Hall–Kier alpha value is -9.74. The Morgan fingerprint density at radius 1 is 0.319 bits per heavy atom. The van der Waals surface area contributed by atoms with Crippen molar-refractivity contribution in [2.45, 2.75) is 232 Å². The fourth-order valence-corrected chi connectivity index (χ4v) is 16.4. The third-order valence-electron chi connectivity index (χ3n) is 22.6. The molecule has 8 N–H and O–H groups in total. The molecule has 0 saturated carbocycles. The van der Waals surface area contributed by atoms with E-state index in [1.807, 2.05) is 90.9 Å². The summed E-state index contributed by atoms with van der Waals surface area (Å²) in [6.45, 7) is 40.1. The summed E-state index contributed by atoms with van der Waals surface area (Å²) in [5.74, 6) is 0.791. The van der Waals surface area contributed by atoms with E-state index in [2.05, 4.69) is 290 Å². The second kappa shape index (κ2) is 52.2. The van der Waals surface area contributed by atoms with E-state index in [4.69, 9.17) is 40.6 Å². The van der Waals surface area contributed by atoms with Gasteiger partial charge in [0.05, 0.1) is 115 Å². The Morgan fingerprint density at radius 2 is 0.674 bits per heavy atom. The van der Waals surface area contributed by atoms with Gasteiger partial charge in [0.25, 0.3) is 0 Å². The van der Waals surface area contributed by atoms with Crippen molar-refractivity contribution in [2.75, 3.05) is 0 Å². The second-order valence-electron chi connectivity index (χ2n) is 35.8. The molecule has 0 aliphatic rings. The average Bonchev–Trinajstić information content (AvgIpc) is 1.70. The average molecular weight is 2530 g/mol. The topological polar surface area (TPSA) is 285 Å². The Labute approximate surface area is 848 Å². The summed E-state index contributed by atoms with van der Waals surface area (Å²) in [6, 6.07) is 88.6. The summed E-state index contributed by atoms with van der Waals surface area (Å²) in [5.41, 5.74) is 25.4. The van der Waals surface area contributed by atoms with Crippen molar-refractivity contribution in [3.05, 3.63) is 279 Å². The summed E-state index contributed by atoms with van der Waals surface area (Å²) in [7, 11) is 0. The van der Waals surface area contributed by atoms with Crippen LogP contribution >= 0.6 is 0 Å². The van der Waals surface area contributed by atoms with Crippen molar-refractivity contribution in [2.24, 2.45) is 10.8 Å². The minimum absolute atomic E-state index is 0. The van der Waals surface area contributed by atoms with Gasteiger partial charge >= 0.3 is 0 Å². The SMILES string of the molecule is CC(C)(C)C(O)CC(O)C(C)(C)C.CC(O)CC(C)O.CC(O)CC(C)O.CC(O)CC(C)O.CCn1c2ccccc2c2nc(C)nc(-c3[c-]cccc3)c21.CCn1c2ccccc2c2ncnc(-c3[c-]c(C)cc(C)c3)c21.CCn1c2ccccc2c2ncnc(-c3[c-]cc4ccccc4c3)c21.CCn1c2ccccc2c2ncnc(-c3[c-]ccc(-c4ccccc4)c3)c21.[Ir].[Ir].[Ir].[Ir]. The van der Waals surface area contributed by atoms with Crippen molar-refractivity contribution in [3.8, 4) is 56.2 Å². The van der Waals surface area contributed by atoms with Gasteiger partial charge in [-0.05, 0) is 136 Å². The van der Waals surface area contributed by atoms with Gasteiger partial charge in [0.2, 0.25) is 0 Å². The number of hydrogen-bond donors (Lipinski definition) is 8. The molecule has 8 atom stereocenters. The summed E-state index contributed by atoms with van der Waals surface area (Å²) in [6.07, 6.45) is 3.71. The molecule has 4 radical (unpaired) electrons. The molecule has 0 aliphatic carbocycles. The number of hydrogen-bond acceptors (Lipinski definition) is 16. The fraction of sp³-hybridized carbons (Fsp3) is 0.333. The largest absolute Gasteiger partial charge is 0.393 e. The number of aryl methyl sites for hydroxylation is 7. The van der Waals surface area contributed by atoms with E-state index >= 15 is 0 Å². The molecule has 135 heavy (non-hydrogen) atoms. The minimum atomic E-state index is -0.443. The van der Waals surface area contributed by atoms with Crippen LogP contribution in [-0.4, -0.2) is 148 Å². The molecule has 0 spiro atoms. The maximum Gasteiger partial charge on any atom is 0.116 e. The first-order valence-electron chi connectivity index (χ1n) is 45.5. The molecule has 8 unspecified atom stereocenters. The van der Waals surface area contributed by atoms with Crippen LogP contribution in [0.15, 0.2) is 237 Å². The Balaban J connectivity index is 0.000000219. The smallest absolute Gasteiger partial charge is 0.116 e. The predicted octanol–water partition coefficient (Wildman–Crippen LogP) is 22.6. The van der Waals surface area contributed by atoms with Gasteiger partial charge in [-0.2, -0.15) is 0 Å². The van der Waals surface area contributed by atoms with Gasteiger partial charge in [-0.25, -0.2) is 19.9 Å². The normalized spacial score (nSPS) is 12.9. The monoisotopic (exact) mass is 2530 g/mol. The summed E-state index contributed by atoms with van der Waals surface area (Å²) < 4.78 is 9.18. The van der Waals surface area contributed by atoms with Gasteiger partial charge in [-0.3, -0.25) is 19.9 Å². The fourth-order valence-electron chi connectivity index (χ4n) is 16.4. The van der Waals surface area contributed by atoms with Crippen LogP contribution in [0, 0.1) is 55.9 Å². The second-order valence-corrected chi connectivity index (χ2v) is 35.8. The first kappa shape index (κ1) is 112. The first-order chi connectivity index (χ1) is 62.6.